The van der Waals surface area contributed by atoms with E-state index in [0.717, 1.165) is 16.3 Å². The number of benzene rings is 3. The van der Waals surface area contributed by atoms with Crippen LogP contribution in [0.5, 0.6) is 0 Å². The summed E-state index contributed by atoms with van der Waals surface area (Å²) in [7, 11) is -3.63. The number of nitrogens with zero attached hydrogens (tertiary/aromatic N) is 5. The van der Waals surface area contributed by atoms with Gasteiger partial charge in [0.05, 0.1) is 4.90 Å². The zero-order chi connectivity index (χ0) is 22.1. The van der Waals surface area contributed by atoms with Gasteiger partial charge in [0.25, 0.3) is 5.91 Å². The van der Waals surface area contributed by atoms with Gasteiger partial charge in [-0.2, -0.15) is 9.52 Å². The normalized spacial score (nSPS) is 15.2. The number of aromatic nitrogens is 4. The van der Waals surface area contributed by atoms with Crippen molar-refractivity contribution in [3.8, 4) is 11.4 Å². The maximum absolute atomic E-state index is 13.1. The Bertz CT molecular complexity index is 1360. The predicted molar refractivity (Wildman–Crippen MR) is 118 cm³/mol. The van der Waals surface area contributed by atoms with E-state index in [4.69, 9.17) is 0 Å². The fraction of sp³-hybridized carbons (Fsp3) is 0.182. The van der Waals surface area contributed by atoms with Gasteiger partial charge in [-0.3, -0.25) is 4.79 Å². The van der Waals surface area contributed by atoms with Crippen LogP contribution in [-0.2, 0) is 10.0 Å². The van der Waals surface area contributed by atoms with Crippen LogP contribution in [0, 0.1) is 0 Å². The molecule has 0 radical (unpaired) electrons. The first-order chi connectivity index (χ1) is 15.5. The van der Waals surface area contributed by atoms with Gasteiger partial charge in [0.2, 0.25) is 15.8 Å². The summed E-state index contributed by atoms with van der Waals surface area (Å²) in [6.45, 7) is 1.17. The Kier molecular flexibility index (Phi) is 5.16. The molecule has 0 atom stereocenters. The summed E-state index contributed by atoms with van der Waals surface area (Å²) in [6, 6.07) is 19.8. The Balaban J connectivity index is 1.27. The average molecular weight is 449 g/mol. The van der Waals surface area contributed by atoms with Gasteiger partial charge in [-0.25, -0.2) is 8.42 Å². The molecule has 10 heteroatoms. The Morgan fingerprint density at radius 1 is 0.875 bits per heavy atom. The highest BCUT2D eigenvalue weighted by molar-refractivity contribution is 7.89. The quantitative estimate of drug-likeness (QED) is 0.512. The minimum Gasteiger partial charge on any atom is -0.336 e. The lowest BCUT2D eigenvalue weighted by molar-refractivity contribution is 0.0698. The Hall–Kier alpha value is -3.63. The van der Waals surface area contributed by atoms with E-state index in [9.17, 15) is 13.2 Å². The van der Waals surface area contributed by atoms with Gasteiger partial charge in [-0.05, 0) is 40.3 Å². The van der Waals surface area contributed by atoms with Gasteiger partial charge in [0.1, 0.15) is 0 Å². The molecule has 1 fully saturated rings. The number of H-pyrrole nitrogens is 1. The summed E-state index contributed by atoms with van der Waals surface area (Å²) in [5, 5.41) is 15.6. The number of carbonyl (C=O) groups excluding carboxylic acids is 1. The van der Waals surface area contributed by atoms with Gasteiger partial charge in [-0.1, -0.05) is 42.5 Å². The number of amides is 1. The van der Waals surface area contributed by atoms with Crippen LogP contribution in [0.15, 0.2) is 71.6 Å². The van der Waals surface area contributed by atoms with Crippen molar-refractivity contribution in [3.05, 3.63) is 72.3 Å². The van der Waals surface area contributed by atoms with Crippen LogP contribution in [0.1, 0.15) is 10.4 Å². The molecule has 4 aromatic rings. The van der Waals surface area contributed by atoms with E-state index in [-0.39, 0.29) is 23.9 Å². The molecule has 1 N–H and O–H groups in total. The van der Waals surface area contributed by atoms with Crippen molar-refractivity contribution in [1.29, 1.82) is 0 Å². The molecule has 0 aliphatic carbocycles. The van der Waals surface area contributed by atoms with Crippen molar-refractivity contribution in [2.75, 3.05) is 26.2 Å². The van der Waals surface area contributed by atoms with Crippen LogP contribution >= 0.6 is 0 Å². The first-order valence-electron chi connectivity index (χ1n) is 10.1. The highest BCUT2D eigenvalue weighted by Crippen LogP contribution is 2.23. The molecule has 1 saturated heterocycles. The molecule has 1 aliphatic heterocycles. The van der Waals surface area contributed by atoms with Gasteiger partial charge >= 0.3 is 0 Å². The van der Waals surface area contributed by atoms with Crippen LogP contribution in [0.25, 0.3) is 22.2 Å². The number of aromatic amines is 1. The van der Waals surface area contributed by atoms with Gasteiger partial charge in [0, 0.05) is 37.3 Å². The Morgan fingerprint density at radius 3 is 2.28 bits per heavy atom. The van der Waals surface area contributed by atoms with Gasteiger partial charge in [0.15, 0.2) is 0 Å². The molecule has 32 heavy (non-hydrogen) atoms. The van der Waals surface area contributed by atoms with Crippen LogP contribution in [-0.4, -0.2) is 70.3 Å². The first-order valence-corrected chi connectivity index (χ1v) is 11.6. The zero-order valence-electron chi connectivity index (χ0n) is 17.0. The van der Waals surface area contributed by atoms with Crippen molar-refractivity contribution in [2.24, 2.45) is 0 Å². The van der Waals surface area contributed by atoms with E-state index in [2.05, 4.69) is 20.6 Å². The van der Waals surface area contributed by atoms with E-state index in [1.165, 1.54) is 4.31 Å². The van der Waals surface area contributed by atoms with Crippen LogP contribution in [0.3, 0.4) is 0 Å². The summed E-state index contributed by atoms with van der Waals surface area (Å²) < 4.78 is 27.7. The molecule has 1 aromatic heterocycles. The number of tetrazole rings is 1. The van der Waals surface area contributed by atoms with Crippen molar-refractivity contribution >= 4 is 26.7 Å². The average Bonchev–Trinajstić information content (AvgIpc) is 3.38. The maximum Gasteiger partial charge on any atom is 0.253 e. The third-order valence-corrected chi connectivity index (χ3v) is 7.51. The second-order valence-corrected chi connectivity index (χ2v) is 9.46. The molecule has 9 nitrogen and oxygen atoms in total. The molecule has 0 bridgehead atoms. The molecule has 0 unspecified atom stereocenters. The minimum absolute atomic E-state index is 0.132. The molecule has 1 amide bonds. The van der Waals surface area contributed by atoms with E-state index >= 15 is 0 Å². The topological polar surface area (TPSA) is 112 Å². The van der Waals surface area contributed by atoms with Crippen LogP contribution in [0.4, 0.5) is 0 Å². The number of rotatable bonds is 4. The summed E-state index contributed by atoms with van der Waals surface area (Å²) >= 11 is 0. The van der Waals surface area contributed by atoms with Gasteiger partial charge < -0.3 is 4.90 Å². The fourth-order valence-corrected chi connectivity index (χ4v) is 5.30. The lowest BCUT2D eigenvalue weighted by Crippen LogP contribution is -2.50. The Morgan fingerprint density at radius 2 is 1.59 bits per heavy atom. The highest BCUT2D eigenvalue weighted by Gasteiger charge is 2.30. The van der Waals surface area contributed by atoms with E-state index in [0.29, 0.717) is 24.5 Å². The molecular formula is C22H20N6O3S. The molecule has 2 heterocycles. The molecule has 162 valence electrons. The summed E-state index contributed by atoms with van der Waals surface area (Å²) in [4.78, 5) is 14.8. The number of hydrogen-bond acceptors (Lipinski definition) is 6. The van der Waals surface area contributed by atoms with Gasteiger partial charge in [-0.15, -0.1) is 10.2 Å². The smallest absolute Gasteiger partial charge is 0.253 e. The lowest BCUT2D eigenvalue weighted by atomic mass is 10.1. The third kappa shape index (κ3) is 3.74. The third-order valence-electron chi connectivity index (χ3n) is 5.62. The van der Waals surface area contributed by atoms with E-state index in [1.807, 2.05) is 30.3 Å². The number of fused-ring (bicyclic) bond motifs is 1. The molecule has 1 aliphatic rings. The molecule has 0 saturated carbocycles. The van der Waals surface area contributed by atoms with Crippen LogP contribution in [0.2, 0.25) is 0 Å². The first kappa shape index (κ1) is 20.3. The standard InChI is InChI=1S/C22H20N6O3S/c29-22(18-7-5-17(6-8-18)21-23-25-26-24-21)27-11-13-28(14-12-27)32(30,31)20-10-9-16-3-1-2-4-19(16)15-20/h1-10,15H,11-14H2,(H,23,24,25,26). The number of piperazine rings is 1. The maximum atomic E-state index is 13.1. The predicted octanol–water partition coefficient (Wildman–Crippen LogP) is 2.17. The molecule has 0 spiro atoms. The number of hydrogen-bond donors (Lipinski definition) is 1. The highest BCUT2D eigenvalue weighted by atomic mass is 32.2. The molecule has 5 rings (SSSR count). The minimum atomic E-state index is -3.63. The fourth-order valence-electron chi connectivity index (χ4n) is 3.84. The van der Waals surface area contributed by atoms with Crippen molar-refractivity contribution < 1.29 is 13.2 Å². The SMILES string of the molecule is O=C(c1ccc(-c2nn[nH]n2)cc1)N1CCN(S(=O)(=O)c2ccc3ccccc3c2)CC1. The summed E-state index contributed by atoms with van der Waals surface area (Å²) in [6.07, 6.45) is 0. The van der Waals surface area contributed by atoms with E-state index in [1.54, 1.807) is 41.3 Å². The second-order valence-electron chi connectivity index (χ2n) is 7.52. The number of nitrogens with one attached hydrogen (secondary N) is 1. The Labute approximate surface area is 184 Å². The molecule has 3 aromatic carbocycles. The second kappa shape index (κ2) is 8.13. The summed E-state index contributed by atoms with van der Waals surface area (Å²) in [5.74, 6) is 0.323. The van der Waals surface area contributed by atoms with Crippen molar-refractivity contribution in [2.45, 2.75) is 4.90 Å². The molecular weight excluding hydrogens is 428 g/mol. The lowest BCUT2D eigenvalue weighted by Gasteiger charge is -2.34. The zero-order valence-corrected chi connectivity index (χ0v) is 17.9. The number of carbonyl (C=O) groups is 1. The number of sulfonamides is 1. The monoisotopic (exact) mass is 448 g/mol. The van der Waals surface area contributed by atoms with E-state index < -0.39 is 10.0 Å². The van der Waals surface area contributed by atoms with Crippen molar-refractivity contribution in [1.82, 2.24) is 29.8 Å². The van der Waals surface area contributed by atoms with Crippen molar-refractivity contribution in [3.63, 3.8) is 0 Å². The summed E-state index contributed by atoms with van der Waals surface area (Å²) in [5.41, 5.74) is 1.28. The largest absolute Gasteiger partial charge is 0.336 e. The van der Waals surface area contributed by atoms with Crippen LogP contribution < -0.4 is 0 Å².